The molecule has 96 valence electrons. The van der Waals surface area contributed by atoms with E-state index in [4.69, 9.17) is 4.74 Å². The van der Waals surface area contributed by atoms with Crippen LogP contribution < -0.4 is 4.74 Å². The van der Waals surface area contributed by atoms with E-state index in [2.05, 4.69) is 0 Å². The van der Waals surface area contributed by atoms with Crippen LogP contribution in [0.25, 0.3) is 0 Å². The van der Waals surface area contributed by atoms with Gasteiger partial charge in [-0.2, -0.15) is 0 Å². The van der Waals surface area contributed by atoms with Crippen molar-refractivity contribution in [3.8, 4) is 5.75 Å². The number of rotatable bonds is 4. The number of ether oxygens (including phenoxy) is 1. The van der Waals surface area contributed by atoms with Crippen molar-refractivity contribution in [1.29, 1.82) is 0 Å². The molecule has 0 aliphatic heterocycles. The molecule has 19 heavy (non-hydrogen) atoms. The largest absolute Gasteiger partial charge is 0.497 e. The summed E-state index contributed by atoms with van der Waals surface area (Å²) in [6.45, 7) is 0. The molecule has 2 aromatic rings. The number of aldehydes is 1. The number of methoxy groups -OCH3 is 1. The SMILES string of the molecule is COc1ccc(C(=O)c2c(F)cccc2C=O)cc1. The first-order valence-corrected chi connectivity index (χ1v) is 5.60. The molecule has 0 bridgehead atoms. The third-order valence-corrected chi connectivity index (χ3v) is 2.75. The van der Waals surface area contributed by atoms with E-state index in [0.29, 0.717) is 17.6 Å². The van der Waals surface area contributed by atoms with Crippen molar-refractivity contribution in [1.82, 2.24) is 0 Å². The molecule has 0 aliphatic rings. The maximum atomic E-state index is 13.7. The molecular weight excluding hydrogens is 247 g/mol. The molecule has 0 unspecified atom stereocenters. The topological polar surface area (TPSA) is 43.4 Å². The number of hydrogen-bond acceptors (Lipinski definition) is 3. The van der Waals surface area contributed by atoms with Gasteiger partial charge in [0.15, 0.2) is 12.1 Å². The molecule has 3 nitrogen and oxygen atoms in total. The molecule has 0 N–H and O–H groups in total. The van der Waals surface area contributed by atoms with E-state index in [1.54, 1.807) is 12.1 Å². The Bertz CT molecular complexity index is 618. The summed E-state index contributed by atoms with van der Waals surface area (Å²) in [5, 5.41) is 0. The van der Waals surface area contributed by atoms with Gasteiger partial charge in [-0.05, 0) is 30.3 Å². The molecule has 4 heteroatoms. The zero-order valence-corrected chi connectivity index (χ0v) is 10.2. The Kier molecular flexibility index (Phi) is 3.71. The van der Waals surface area contributed by atoms with Gasteiger partial charge < -0.3 is 4.74 Å². The Morgan fingerprint density at radius 3 is 2.42 bits per heavy atom. The predicted octanol–water partition coefficient (Wildman–Crippen LogP) is 2.88. The van der Waals surface area contributed by atoms with Gasteiger partial charge in [-0.25, -0.2) is 4.39 Å². The first kappa shape index (κ1) is 13.0. The smallest absolute Gasteiger partial charge is 0.196 e. The molecule has 0 amide bonds. The van der Waals surface area contributed by atoms with Crippen molar-refractivity contribution < 1.29 is 18.7 Å². The second-order valence-electron chi connectivity index (χ2n) is 3.88. The Hall–Kier alpha value is -2.49. The number of ketones is 1. The number of hydrogen-bond donors (Lipinski definition) is 0. The molecule has 2 rings (SSSR count). The average molecular weight is 258 g/mol. The fourth-order valence-corrected chi connectivity index (χ4v) is 1.77. The normalized spacial score (nSPS) is 10.0. The van der Waals surface area contributed by atoms with Crippen LogP contribution in [0.4, 0.5) is 4.39 Å². The summed E-state index contributed by atoms with van der Waals surface area (Å²) < 4.78 is 18.7. The number of benzene rings is 2. The zero-order valence-electron chi connectivity index (χ0n) is 10.2. The summed E-state index contributed by atoms with van der Waals surface area (Å²) >= 11 is 0. The fraction of sp³-hybridized carbons (Fsp3) is 0.0667. The lowest BCUT2D eigenvalue weighted by Crippen LogP contribution is -2.08. The van der Waals surface area contributed by atoms with Gasteiger partial charge in [-0.15, -0.1) is 0 Å². The van der Waals surface area contributed by atoms with Crippen molar-refractivity contribution in [2.75, 3.05) is 7.11 Å². The molecule has 0 aromatic heterocycles. The van der Waals surface area contributed by atoms with Crippen LogP contribution in [0.2, 0.25) is 0 Å². The molecule has 0 atom stereocenters. The number of halogens is 1. The fourth-order valence-electron chi connectivity index (χ4n) is 1.77. The van der Waals surface area contributed by atoms with Crippen LogP contribution in [0.15, 0.2) is 42.5 Å². The molecule has 0 radical (unpaired) electrons. The highest BCUT2D eigenvalue weighted by Crippen LogP contribution is 2.19. The summed E-state index contributed by atoms with van der Waals surface area (Å²) in [5.74, 6) is -0.631. The number of carbonyl (C=O) groups is 2. The van der Waals surface area contributed by atoms with Crippen LogP contribution in [0.5, 0.6) is 5.75 Å². The minimum absolute atomic E-state index is 0.0424. The van der Waals surface area contributed by atoms with Crippen LogP contribution in [0.3, 0.4) is 0 Å². The first-order chi connectivity index (χ1) is 9.17. The van der Waals surface area contributed by atoms with Gasteiger partial charge in [0, 0.05) is 11.1 Å². The van der Waals surface area contributed by atoms with E-state index in [9.17, 15) is 14.0 Å². The second-order valence-corrected chi connectivity index (χ2v) is 3.88. The zero-order chi connectivity index (χ0) is 13.8. The van der Waals surface area contributed by atoms with Crippen LogP contribution in [0.1, 0.15) is 26.3 Å². The molecule has 0 aliphatic carbocycles. The summed E-state index contributed by atoms with van der Waals surface area (Å²) in [6, 6.07) is 10.2. The molecule has 0 heterocycles. The summed E-state index contributed by atoms with van der Waals surface area (Å²) in [7, 11) is 1.51. The molecular formula is C15H11FO3. The quantitative estimate of drug-likeness (QED) is 0.625. The Balaban J connectivity index is 2.46. The highest BCUT2D eigenvalue weighted by Gasteiger charge is 2.17. The van der Waals surface area contributed by atoms with Gasteiger partial charge in [0.1, 0.15) is 11.6 Å². The van der Waals surface area contributed by atoms with Crippen molar-refractivity contribution >= 4 is 12.1 Å². The van der Waals surface area contributed by atoms with Crippen LogP contribution in [-0.2, 0) is 0 Å². The van der Waals surface area contributed by atoms with E-state index in [0.717, 1.165) is 6.07 Å². The summed E-state index contributed by atoms with van der Waals surface area (Å²) in [5.41, 5.74) is 0.137. The predicted molar refractivity (Wildman–Crippen MR) is 68.2 cm³/mol. The average Bonchev–Trinajstić information content (AvgIpc) is 2.46. The Morgan fingerprint density at radius 2 is 1.84 bits per heavy atom. The Morgan fingerprint density at radius 1 is 1.16 bits per heavy atom. The molecule has 0 saturated heterocycles. The molecule has 0 spiro atoms. The van der Waals surface area contributed by atoms with E-state index >= 15 is 0 Å². The maximum absolute atomic E-state index is 13.7. The lowest BCUT2D eigenvalue weighted by molar-refractivity contribution is 0.102. The maximum Gasteiger partial charge on any atom is 0.196 e. The minimum atomic E-state index is -0.703. The van der Waals surface area contributed by atoms with Crippen molar-refractivity contribution in [3.63, 3.8) is 0 Å². The first-order valence-electron chi connectivity index (χ1n) is 5.60. The van der Waals surface area contributed by atoms with Gasteiger partial charge in [0.25, 0.3) is 0 Å². The lowest BCUT2D eigenvalue weighted by atomic mass is 9.98. The van der Waals surface area contributed by atoms with Crippen LogP contribution in [-0.4, -0.2) is 19.2 Å². The minimum Gasteiger partial charge on any atom is -0.497 e. The highest BCUT2D eigenvalue weighted by molar-refractivity contribution is 6.12. The van der Waals surface area contributed by atoms with Crippen LogP contribution >= 0.6 is 0 Å². The highest BCUT2D eigenvalue weighted by atomic mass is 19.1. The lowest BCUT2D eigenvalue weighted by Gasteiger charge is -2.06. The van der Waals surface area contributed by atoms with E-state index in [-0.39, 0.29) is 11.1 Å². The monoisotopic (exact) mass is 258 g/mol. The van der Waals surface area contributed by atoms with Gasteiger partial charge in [0.2, 0.25) is 0 Å². The third kappa shape index (κ3) is 2.52. The van der Waals surface area contributed by atoms with Gasteiger partial charge in [0.05, 0.1) is 12.7 Å². The summed E-state index contributed by atoms with van der Waals surface area (Å²) in [4.78, 5) is 23.1. The van der Waals surface area contributed by atoms with Gasteiger partial charge >= 0.3 is 0 Å². The molecule has 0 fully saturated rings. The van der Waals surface area contributed by atoms with Gasteiger partial charge in [-0.1, -0.05) is 12.1 Å². The van der Waals surface area contributed by atoms with E-state index in [1.165, 1.54) is 31.4 Å². The van der Waals surface area contributed by atoms with Crippen molar-refractivity contribution in [2.45, 2.75) is 0 Å². The summed E-state index contributed by atoms with van der Waals surface area (Å²) in [6.07, 6.45) is 0.472. The third-order valence-electron chi connectivity index (χ3n) is 2.75. The van der Waals surface area contributed by atoms with Crippen molar-refractivity contribution in [3.05, 3.63) is 65.0 Å². The molecule has 2 aromatic carbocycles. The van der Waals surface area contributed by atoms with Crippen LogP contribution in [0, 0.1) is 5.82 Å². The van der Waals surface area contributed by atoms with Crippen molar-refractivity contribution in [2.24, 2.45) is 0 Å². The van der Waals surface area contributed by atoms with Gasteiger partial charge in [-0.3, -0.25) is 9.59 Å². The number of carbonyl (C=O) groups excluding carboxylic acids is 2. The van der Waals surface area contributed by atoms with E-state index in [1.807, 2.05) is 0 Å². The second kappa shape index (κ2) is 5.44. The standard InChI is InChI=1S/C15H11FO3/c1-19-12-7-5-10(6-8-12)15(18)14-11(9-17)3-2-4-13(14)16/h2-9H,1H3. The van der Waals surface area contributed by atoms with E-state index < -0.39 is 11.6 Å². The Labute approximate surface area is 109 Å². The molecule has 0 saturated carbocycles.